The molecule has 0 radical (unpaired) electrons. The van der Waals surface area contributed by atoms with Gasteiger partial charge in [-0.3, -0.25) is 9.52 Å². The van der Waals surface area contributed by atoms with Gasteiger partial charge in [-0.1, -0.05) is 12.1 Å². The molecule has 3 aromatic carbocycles. The summed E-state index contributed by atoms with van der Waals surface area (Å²) in [7, 11) is -4.70. The minimum atomic E-state index is -4.88. The number of carbonyl (C=O) groups excluding carboxylic acids is 1. The van der Waals surface area contributed by atoms with Crippen LogP contribution in [0.2, 0.25) is 0 Å². The van der Waals surface area contributed by atoms with Gasteiger partial charge in [0, 0.05) is 11.3 Å². The second-order valence-electron chi connectivity index (χ2n) is 8.20. The maximum atomic E-state index is 13.5. The number of sulfonamides is 1. The first-order chi connectivity index (χ1) is 16.8. The number of ketones is 1. The Balaban J connectivity index is 1.83. The van der Waals surface area contributed by atoms with Crippen molar-refractivity contribution in [2.45, 2.75) is 31.8 Å². The summed E-state index contributed by atoms with van der Waals surface area (Å²) in [4.78, 5) is 19.5. The van der Waals surface area contributed by atoms with E-state index in [9.17, 15) is 26.4 Å². The van der Waals surface area contributed by atoms with Gasteiger partial charge >= 0.3 is 6.18 Å². The van der Waals surface area contributed by atoms with Crippen LogP contribution in [0.25, 0.3) is 11.0 Å². The Hall–Kier alpha value is -3.99. The number of alkyl halides is 3. The average Bonchev–Trinajstić information content (AvgIpc) is 2.80. The Morgan fingerprint density at radius 2 is 1.42 bits per heavy atom. The van der Waals surface area contributed by atoms with Crippen LogP contribution in [0.15, 0.2) is 65.6 Å². The van der Waals surface area contributed by atoms with Crippen molar-refractivity contribution >= 4 is 44.2 Å². The molecule has 2 N–H and O–H groups in total. The minimum Gasteiger partial charge on any atom is -0.337 e. The highest BCUT2D eigenvalue weighted by Crippen LogP contribution is 2.35. The SMILES string of the molecule is CC(=O)c1ccc(Nc2nc3cc(C)c(C)cc3nc2NS(=O)(=O)c2ccccc2C(F)(F)F)cc1. The molecule has 1 aromatic heterocycles. The van der Waals surface area contributed by atoms with Gasteiger partial charge in [-0.15, -0.1) is 0 Å². The quantitative estimate of drug-likeness (QED) is 0.306. The van der Waals surface area contributed by atoms with Crippen LogP contribution >= 0.6 is 0 Å². The van der Waals surface area contributed by atoms with Crippen LogP contribution in [0.5, 0.6) is 0 Å². The molecule has 11 heteroatoms. The fourth-order valence-electron chi connectivity index (χ4n) is 3.51. The van der Waals surface area contributed by atoms with Crippen molar-refractivity contribution in [1.82, 2.24) is 9.97 Å². The number of hydrogen-bond acceptors (Lipinski definition) is 6. The van der Waals surface area contributed by atoms with Gasteiger partial charge in [0.2, 0.25) is 0 Å². The summed E-state index contributed by atoms with van der Waals surface area (Å²) >= 11 is 0. The van der Waals surface area contributed by atoms with Gasteiger partial charge < -0.3 is 5.32 Å². The van der Waals surface area contributed by atoms with Gasteiger partial charge in [0.15, 0.2) is 17.4 Å². The summed E-state index contributed by atoms with van der Waals surface area (Å²) in [6, 6.07) is 13.7. The zero-order chi connectivity index (χ0) is 26.3. The van der Waals surface area contributed by atoms with Crippen molar-refractivity contribution < 1.29 is 26.4 Å². The highest BCUT2D eigenvalue weighted by atomic mass is 32.2. The Morgan fingerprint density at radius 3 is 1.97 bits per heavy atom. The Bertz CT molecular complexity index is 1590. The molecule has 1 heterocycles. The van der Waals surface area contributed by atoms with Crippen LogP contribution in [0.3, 0.4) is 0 Å². The van der Waals surface area contributed by atoms with Crippen molar-refractivity contribution in [3.8, 4) is 0 Å². The van der Waals surface area contributed by atoms with Crippen LogP contribution in [0.1, 0.15) is 34.0 Å². The van der Waals surface area contributed by atoms with Gasteiger partial charge in [0.05, 0.1) is 21.5 Å². The monoisotopic (exact) mass is 514 g/mol. The molecule has 0 amide bonds. The second-order valence-corrected chi connectivity index (χ2v) is 9.85. The number of anilines is 3. The molecular weight excluding hydrogens is 493 g/mol. The van der Waals surface area contributed by atoms with Crippen molar-refractivity contribution in [2.75, 3.05) is 10.0 Å². The summed E-state index contributed by atoms with van der Waals surface area (Å²) in [6.07, 6.45) is -4.88. The maximum Gasteiger partial charge on any atom is 0.417 e. The Kier molecular flexibility index (Phi) is 6.44. The molecule has 0 bridgehead atoms. The van der Waals surface area contributed by atoms with Gasteiger partial charge in [-0.2, -0.15) is 13.2 Å². The molecule has 0 atom stereocenters. The predicted molar refractivity (Wildman–Crippen MR) is 131 cm³/mol. The third kappa shape index (κ3) is 5.15. The first-order valence-electron chi connectivity index (χ1n) is 10.7. The zero-order valence-corrected chi connectivity index (χ0v) is 20.3. The number of Topliss-reactive ketones (excluding diaryl/α,β-unsaturated/α-hetero) is 1. The van der Waals surface area contributed by atoms with E-state index in [0.29, 0.717) is 28.4 Å². The molecule has 0 aliphatic carbocycles. The lowest BCUT2D eigenvalue weighted by molar-refractivity contribution is -0.139. The highest BCUT2D eigenvalue weighted by molar-refractivity contribution is 7.92. The molecule has 0 spiro atoms. The van der Waals surface area contributed by atoms with Crippen LogP contribution < -0.4 is 10.0 Å². The van der Waals surface area contributed by atoms with Crippen LogP contribution in [0.4, 0.5) is 30.5 Å². The number of fused-ring (bicyclic) bond motifs is 1. The van der Waals surface area contributed by atoms with E-state index >= 15 is 0 Å². The van der Waals surface area contributed by atoms with Crippen LogP contribution in [-0.4, -0.2) is 24.2 Å². The van der Waals surface area contributed by atoms with E-state index in [1.54, 1.807) is 36.4 Å². The molecule has 186 valence electrons. The fourth-order valence-corrected chi connectivity index (χ4v) is 4.75. The first kappa shape index (κ1) is 25.1. The number of benzene rings is 3. The van der Waals surface area contributed by atoms with Crippen molar-refractivity contribution in [1.29, 1.82) is 0 Å². The molecule has 7 nitrogen and oxygen atoms in total. The van der Waals surface area contributed by atoms with Crippen LogP contribution in [0, 0.1) is 13.8 Å². The van der Waals surface area contributed by atoms with Gasteiger partial charge in [-0.25, -0.2) is 18.4 Å². The van der Waals surface area contributed by atoms with Crippen molar-refractivity contribution in [3.63, 3.8) is 0 Å². The molecule has 0 aliphatic rings. The number of rotatable bonds is 6. The Morgan fingerprint density at radius 1 is 0.861 bits per heavy atom. The van der Waals surface area contributed by atoms with Crippen molar-refractivity contribution in [2.24, 2.45) is 0 Å². The standard InChI is InChI=1S/C25H21F3N4O3S/c1-14-12-20-21(13-15(14)2)31-24(23(30-20)29-18-10-8-17(9-11-18)16(3)33)32-36(34,35)22-7-5-4-6-19(22)25(26,27)28/h4-13H,1-3H3,(H,29,30)(H,31,32). The molecule has 0 saturated heterocycles. The first-order valence-corrected chi connectivity index (χ1v) is 12.2. The van der Waals surface area contributed by atoms with E-state index < -0.39 is 26.7 Å². The summed E-state index contributed by atoms with van der Waals surface area (Å²) in [5.41, 5.74) is 2.27. The lowest BCUT2D eigenvalue weighted by Gasteiger charge is -2.17. The van der Waals surface area contributed by atoms with Gasteiger partial charge in [-0.05, 0) is 80.4 Å². The summed E-state index contributed by atoms with van der Waals surface area (Å²) < 4.78 is 68.9. The molecule has 0 saturated carbocycles. The molecule has 0 unspecified atom stereocenters. The minimum absolute atomic E-state index is 0.0191. The number of nitrogens with one attached hydrogen (secondary N) is 2. The molecular formula is C25H21F3N4O3S. The number of aryl methyl sites for hydroxylation is 2. The largest absolute Gasteiger partial charge is 0.417 e. The lowest BCUT2D eigenvalue weighted by atomic mass is 10.1. The molecule has 0 aliphatic heterocycles. The van der Waals surface area contributed by atoms with Gasteiger partial charge in [0.25, 0.3) is 10.0 Å². The zero-order valence-electron chi connectivity index (χ0n) is 19.4. The number of hydrogen-bond donors (Lipinski definition) is 2. The summed E-state index contributed by atoms with van der Waals surface area (Å²) in [5, 5.41) is 2.95. The van der Waals surface area contributed by atoms with E-state index in [0.717, 1.165) is 23.3 Å². The predicted octanol–water partition coefficient (Wildman–Crippen LogP) is 6.01. The maximum absolute atomic E-state index is 13.5. The Labute approximate surface area is 205 Å². The van der Waals surface area contributed by atoms with E-state index in [2.05, 4.69) is 20.0 Å². The van der Waals surface area contributed by atoms with E-state index in [1.165, 1.54) is 13.0 Å². The molecule has 4 rings (SSSR count). The normalized spacial score (nSPS) is 11.9. The fraction of sp³-hybridized carbons (Fsp3) is 0.160. The van der Waals surface area contributed by atoms with E-state index in [-0.39, 0.29) is 17.4 Å². The summed E-state index contributed by atoms with van der Waals surface area (Å²) in [5.74, 6) is -0.428. The molecule has 36 heavy (non-hydrogen) atoms. The molecule has 0 fully saturated rings. The lowest BCUT2D eigenvalue weighted by Crippen LogP contribution is -2.20. The van der Waals surface area contributed by atoms with Crippen LogP contribution in [-0.2, 0) is 16.2 Å². The van der Waals surface area contributed by atoms with E-state index in [1.807, 2.05) is 13.8 Å². The van der Waals surface area contributed by atoms with Crippen molar-refractivity contribution in [3.05, 3.63) is 82.9 Å². The average molecular weight is 515 g/mol. The molecule has 4 aromatic rings. The smallest absolute Gasteiger partial charge is 0.337 e. The van der Waals surface area contributed by atoms with E-state index in [4.69, 9.17) is 0 Å². The highest BCUT2D eigenvalue weighted by Gasteiger charge is 2.37. The topological polar surface area (TPSA) is 101 Å². The number of carbonyl (C=O) groups is 1. The third-order valence-electron chi connectivity index (χ3n) is 5.55. The summed E-state index contributed by atoms with van der Waals surface area (Å²) in [6.45, 7) is 5.16. The third-order valence-corrected chi connectivity index (χ3v) is 6.94. The number of halogens is 3. The number of nitrogens with zero attached hydrogens (tertiary/aromatic N) is 2. The van der Waals surface area contributed by atoms with Gasteiger partial charge in [0.1, 0.15) is 0 Å². The number of aromatic nitrogens is 2. The second kappa shape index (κ2) is 9.23.